The van der Waals surface area contributed by atoms with Crippen LogP contribution in [0.15, 0.2) is 18.2 Å². The summed E-state index contributed by atoms with van der Waals surface area (Å²) in [6, 6.07) is 2.62. The Morgan fingerprint density at radius 2 is 2.05 bits per heavy atom. The maximum atomic E-state index is 13.8. The fourth-order valence-corrected chi connectivity index (χ4v) is 1.52. The number of hydrogen-bond donors (Lipinski definition) is 1. The topological polar surface area (TPSA) is 58.6 Å². The van der Waals surface area contributed by atoms with E-state index in [1.807, 2.05) is 0 Å². The Bertz CT molecular complexity index is 494. The summed E-state index contributed by atoms with van der Waals surface area (Å²) in [5.74, 6) is -0.704. The molecular weight excluding hydrogens is 275 g/mol. The Labute approximate surface area is 115 Å². The van der Waals surface area contributed by atoms with E-state index in [-0.39, 0.29) is 27.4 Å². The number of urea groups is 1. The van der Waals surface area contributed by atoms with Crippen LogP contribution >= 0.6 is 11.6 Å². The molecule has 5 nitrogen and oxygen atoms in total. The molecule has 2 amide bonds. The number of halogens is 2. The summed E-state index contributed by atoms with van der Waals surface area (Å²) in [6.07, 6.45) is 0. The zero-order valence-corrected chi connectivity index (χ0v) is 11.5. The van der Waals surface area contributed by atoms with Crippen molar-refractivity contribution in [3.05, 3.63) is 28.8 Å². The number of amides is 2. The van der Waals surface area contributed by atoms with Gasteiger partial charge in [0.2, 0.25) is 0 Å². The van der Waals surface area contributed by atoms with Gasteiger partial charge in [0.25, 0.3) is 0 Å². The minimum absolute atomic E-state index is 0.0123. The van der Waals surface area contributed by atoms with Crippen molar-refractivity contribution >= 4 is 29.3 Å². The van der Waals surface area contributed by atoms with Gasteiger partial charge in [-0.3, -0.25) is 0 Å². The molecule has 1 rings (SSSR count). The van der Waals surface area contributed by atoms with E-state index in [4.69, 9.17) is 11.6 Å². The predicted molar refractivity (Wildman–Crippen MR) is 70.0 cm³/mol. The number of nitrogens with zero attached hydrogens (tertiary/aromatic N) is 1. The number of rotatable bonds is 3. The number of carbonyl (C=O) groups excluding carboxylic acids is 2. The first-order valence-electron chi connectivity index (χ1n) is 5.51. The Kier molecular flexibility index (Phi) is 5.11. The Hall–Kier alpha value is -1.82. The predicted octanol–water partition coefficient (Wildman–Crippen LogP) is 2.94. The summed E-state index contributed by atoms with van der Waals surface area (Å²) in [5, 5.41) is 2.41. The van der Waals surface area contributed by atoms with Gasteiger partial charge in [0.15, 0.2) is 0 Å². The van der Waals surface area contributed by atoms with Crippen LogP contribution in [0.3, 0.4) is 0 Å². The second-order valence-corrected chi connectivity index (χ2v) is 4.45. The van der Waals surface area contributed by atoms with E-state index in [2.05, 4.69) is 10.1 Å². The molecule has 0 bridgehead atoms. The molecule has 0 fully saturated rings. The average Bonchev–Trinajstić information content (AvgIpc) is 2.36. The molecule has 1 N–H and O–H groups in total. The smallest absolute Gasteiger partial charge is 0.350 e. The molecule has 0 aromatic heterocycles. The van der Waals surface area contributed by atoms with Crippen LogP contribution in [-0.4, -0.2) is 25.2 Å². The van der Waals surface area contributed by atoms with E-state index in [1.165, 1.54) is 19.2 Å². The Morgan fingerprint density at radius 3 is 2.58 bits per heavy atom. The average molecular weight is 289 g/mol. The van der Waals surface area contributed by atoms with E-state index in [0.29, 0.717) is 0 Å². The van der Waals surface area contributed by atoms with Gasteiger partial charge in [-0.15, -0.1) is 5.12 Å². The molecule has 19 heavy (non-hydrogen) atoms. The highest BCUT2D eigenvalue weighted by Gasteiger charge is 2.19. The highest BCUT2D eigenvalue weighted by Crippen LogP contribution is 2.24. The van der Waals surface area contributed by atoms with E-state index in [1.54, 1.807) is 13.8 Å². The Morgan fingerprint density at radius 1 is 1.42 bits per heavy atom. The number of hydrogen-bond acceptors (Lipinski definition) is 3. The summed E-state index contributed by atoms with van der Waals surface area (Å²) in [7, 11) is 1.18. The lowest BCUT2D eigenvalue weighted by Crippen LogP contribution is -2.38. The van der Waals surface area contributed by atoms with Gasteiger partial charge in [0.1, 0.15) is 0 Å². The molecule has 0 saturated heterocycles. The van der Waals surface area contributed by atoms with Gasteiger partial charge in [-0.25, -0.2) is 9.59 Å². The number of nitrogens with one attached hydrogen (secondary N) is 1. The summed E-state index contributed by atoms with van der Waals surface area (Å²) >= 11 is 5.80. The van der Waals surface area contributed by atoms with Gasteiger partial charge in [0.05, 0.1) is 23.4 Å². The largest absolute Gasteiger partial charge is 0.465 e. The van der Waals surface area contributed by atoms with E-state index in [9.17, 15) is 14.1 Å². The lowest BCUT2D eigenvalue weighted by molar-refractivity contribution is 0.0601. The molecule has 1 aromatic rings. The number of benzene rings is 1. The number of anilines is 1. The highest BCUT2D eigenvalue weighted by atomic mass is 35.5. The van der Waals surface area contributed by atoms with Gasteiger partial charge < -0.3 is 10.1 Å². The molecule has 0 aliphatic rings. The number of ether oxygens (including phenoxy) is 1. The number of carbonyl (C=O) groups is 2. The zero-order valence-electron chi connectivity index (χ0n) is 10.7. The minimum Gasteiger partial charge on any atom is -0.465 e. The van der Waals surface area contributed by atoms with Crippen molar-refractivity contribution in [1.29, 1.82) is 0 Å². The number of esters is 1. The highest BCUT2D eigenvalue weighted by molar-refractivity contribution is 6.33. The fourth-order valence-electron chi connectivity index (χ4n) is 1.32. The molecule has 104 valence electrons. The van der Waals surface area contributed by atoms with Crippen LogP contribution in [0.25, 0.3) is 0 Å². The lowest BCUT2D eigenvalue weighted by Gasteiger charge is -2.16. The number of methoxy groups -OCH3 is 1. The molecule has 0 unspecified atom stereocenters. The van der Waals surface area contributed by atoms with Gasteiger partial charge in [0, 0.05) is 6.04 Å². The van der Waals surface area contributed by atoms with Crippen molar-refractivity contribution in [2.24, 2.45) is 0 Å². The quantitative estimate of drug-likeness (QED) is 0.687. The van der Waals surface area contributed by atoms with Gasteiger partial charge >= 0.3 is 12.0 Å². The molecule has 0 heterocycles. The first-order chi connectivity index (χ1) is 8.86. The standard InChI is InChI=1S/C12H14ClFN2O3/c1-7(2)15-12(18)16(14)8-4-5-10(13)9(6-8)11(17)19-3/h4-7H,1-3H3,(H,15,18). The van der Waals surface area contributed by atoms with Gasteiger partial charge in [-0.2, -0.15) is 0 Å². The zero-order chi connectivity index (χ0) is 14.6. The third-order valence-corrected chi connectivity index (χ3v) is 2.50. The molecule has 0 aliphatic carbocycles. The van der Waals surface area contributed by atoms with E-state index < -0.39 is 12.0 Å². The van der Waals surface area contributed by atoms with Crippen molar-refractivity contribution in [3.8, 4) is 0 Å². The maximum Gasteiger partial charge on any atom is 0.350 e. The normalized spacial score (nSPS) is 10.2. The van der Waals surface area contributed by atoms with Crippen LogP contribution in [-0.2, 0) is 4.74 Å². The van der Waals surface area contributed by atoms with E-state index in [0.717, 1.165) is 6.07 Å². The van der Waals surface area contributed by atoms with Gasteiger partial charge in [-0.1, -0.05) is 16.1 Å². The van der Waals surface area contributed by atoms with Crippen LogP contribution in [0.4, 0.5) is 15.0 Å². The minimum atomic E-state index is -0.923. The van der Waals surface area contributed by atoms with E-state index >= 15 is 0 Å². The van der Waals surface area contributed by atoms with Crippen LogP contribution in [0.2, 0.25) is 5.02 Å². The molecular formula is C12H14ClFN2O3. The lowest BCUT2D eigenvalue weighted by atomic mass is 10.2. The van der Waals surface area contributed by atoms with Gasteiger partial charge in [-0.05, 0) is 32.0 Å². The van der Waals surface area contributed by atoms with Crippen molar-refractivity contribution in [1.82, 2.24) is 5.32 Å². The van der Waals surface area contributed by atoms with Crippen LogP contribution < -0.4 is 10.4 Å². The second kappa shape index (κ2) is 6.38. The fraction of sp³-hybridized carbons (Fsp3) is 0.333. The molecule has 0 saturated carbocycles. The monoisotopic (exact) mass is 288 g/mol. The molecule has 0 spiro atoms. The Balaban J connectivity index is 3.01. The summed E-state index contributed by atoms with van der Waals surface area (Å²) < 4.78 is 18.3. The summed E-state index contributed by atoms with van der Waals surface area (Å²) in [6.45, 7) is 3.40. The third-order valence-electron chi connectivity index (χ3n) is 2.17. The molecule has 0 radical (unpaired) electrons. The first-order valence-corrected chi connectivity index (χ1v) is 5.89. The van der Waals surface area contributed by atoms with Crippen LogP contribution in [0.1, 0.15) is 24.2 Å². The molecule has 1 aromatic carbocycles. The molecule has 0 aliphatic heterocycles. The van der Waals surface area contributed by atoms with Crippen LogP contribution in [0, 0.1) is 0 Å². The maximum absolute atomic E-state index is 13.8. The van der Waals surface area contributed by atoms with Crippen molar-refractivity contribution < 1.29 is 18.8 Å². The first kappa shape index (κ1) is 15.2. The molecule has 7 heteroatoms. The SMILES string of the molecule is COC(=O)c1cc(N(F)C(=O)NC(C)C)ccc1Cl. The third kappa shape index (κ3) is 3.82. The van der Waals surface area contributed by atoms with Crippen molar-refractivity contribution in [2.45, 2.75) is 19.9 Å². The second-order valence-electron chi connectivity index (χ2n) is 4.04. The molecule has 0 atom stereocenters. The van der Waals surface area contributed by atoms with Crippen LogP contribution in [0.5, 0.6) is 0 Å². The summed E-state index contributed by atoms with van der Waals surface area (Å²) in [4.78, 5) is 22.9. The van der Waals surface area contributed by atoms with Crippen molar-refractivity contribution in [2.75, 3.05) is 12.2 Å². The van der Waals surface area contributed by atoms with Crippen molar-refractivity contribution in [3.63, 3.8) is 0 Å². The summed E-state index contributed by atoms with van der Waals surface area (Å²) in [5.41, 5.74) is -0.121.